The van der Waals surface area contributed by atoms with Gasteiger partial charge in [-0.25, -0.2) is 9.98 Å². The Morgan fingerprint density at radius 1 is 1.38 bits per heavy atom. The Kier molecular flexibility index (Phi) is 5.04. The average molecular weight is 353 g/mol. The van der Waals surface area contributed by atoms with E-state index in [1.165, 1.54) is 11.1 Å². The molecule has 4 rings (SSSR count). The third-order valence-corrected chi connectivity index (χ3v) is 5.37. The number of nitrogens with one attached hydrogen (secondary N) is 1. The van der Waals surface area contributed by atoms with E-state index in [-0.39, 0.29) is 0 Å². The van der Waals surface area contributed by atoms with Crippen LogP contribution in [0.1, 0.15) is 30.6 Å². The number of aliphatic imine (C=N–C) groups is 2. The molecule has 0 aromatic carbocycles. The zero-order valence-corrected chi connectivity index (χ0v) is 15.4. The molecule has 6 heteroatoms. The minimum Gasteiger partial charge on any atom is -0.469 e. The van der Waals surface area contributed by atoms with Crippen LogP contribution >= 0.6 is 0 Å². The van der Waals surface area contributed by atoms with Crippen LogP contribution in [0, 0.1) is 6.92 Å². The van der Waals surface area contributed by atoms with E-state index in [1.54, 1.807) is 6.26 Å². The molecule has 0 saturated carbocycles. The summed E-state index contributed by atoms with van der Waals surface area (Å²) in [7, 11) is 0. The first kappa shape index (κ1) is 17.2. The lowest BCUT2D eigenvalue weighted by atomic mass is 9.96. The summed E-state index contributed by atoms with van der Waals surface area (Å²) < 4.78 is 5.43. The second-order valence-electron chi connectivity index (χ2n) is 7.18. The van der Waals surface area contributed by atoms with Gasteiger partial charge in [0.1, 0.15) is 5.76 Å². The zero-order valence-electron chi connectivity index (χ0n) is 15.4. The largest absolute Gasteiger partial charge is 0.469 e. The number of rotatable bonds is 5. The van der Waals surface area contributed by atoms with Crippen LogP contribution in [0.15, 0.2) is 50.2 Å². The molecular weight excluding hydrogens is 326 g/mol. The lowest BCUT2D eigenvalue weighted by Gasteiger charge is -2.29. The van der Waals surface area contributed by atoms with Gasteiger partial charge in [-0.15, -0.1) is 0 Å². The zero-order chi connectivity index (χ0) is 17.9. The average Bonchev–Trinajstić information content (AvgIpc) is 3.23. The van der Waals surface area contributed by atoms with Crippen LogP contribution in [0.25, 0.3) is 0 Å². The van der Waals surface area contributed by atoms with Crippen molar-refractivity contribution in [2.75, 3.05) is 26.2 Å². The molecule has 0 amide bonds. The number of nitrogens with two attached hydrogens (primary N) is 1. The highest BCUT2D eigenvalue weighted by atomic mass is 16.3. The number of guanidine groups is 1. The summed E-state index contributed by atoms with van der Waals surface area (Å²) in [4.78, 5) is 12.1. The number of piperidine rings is 1. The number of hydrogen-bond acceptors (Lipinski definition) is 4. The van der Waals surface area contributed by atoms with Crippen molar-refractivity contribution in [3.63, 3.8) is 0 Å². The first-order valence-corrected chi connectivity index (χ1v) is 9.51. The van der Waals surface area contributed by atoms with Gasteiger partial charge in [0.15, 0.2) is 0 Å². The van der Waals surface area contributed by atoms with Crippen LogP contribution in [0.2, 0.25) is 0 Å². The number of fused-ring (bicyclic) bond motifs is 1. The Morgan fingerprint density at radius 3 is 2.96 bits per heavy atom. The highest BCUT2D eigenvalue weighted by molar-refractivity contribution is 6.15. The summed E-state index contributed by atoms with van der Waals surface area (Å²) in [6.45, 7) is 5.87. The second-order valence-corrected chi connectivity index (χ2v) is 7.18. The number of hydrogen-bond donors (Lipinski definition) is 2. The van der Waals surface area contributed by atoms with Crippen molar-refractivity contribution in [1.29, 1.82) is 0 Å². The fraction of sp³-hybridized carbons (Fsp3) is 0.500. The van der Waals surface area contributed by atoms with Gasteiger partial charge in [0.25, 0.3) is 0 Å². The number of aryl methyl sites for hydroxylation is 1. The van der Waals surface area contributed by atoms with E-state index in [1.807, 2.05) is 13.0 Å². The molecule has 0 unspecified atom stereocenters. The fourth-order valence-corrected chi connectivity index (χ4v) is 3.84. The number of nitrogens with zero attached hydrogens (tertiary/aromatic N) is 3. The quantitative estimate of drug-likeness (QED) is 0.850. The van der Waals surface area contributed by atoms with E-state index in [0.717, 1.165) is 75.0 Å². The molecule has 2 aliphatic heterocycles. The molecule has 1 saturated heterocycles. The van der Waals surface area contributed by atoms with Crippen LogP contribution in [-0.4, -0.2) is 48.8 Å². The predicted molar refractivity (Wildman–Crippen MR) is 104 cm³/mol. The SMILES string of the molecule is Cc1occc1CC1=C2NC(=NC3CCN(CCN)CC3)N=C2CC=C1. The number of likely N-dealkylation sites (tertiary alicyclic amines) is 1. The Morgan fingerprint density at radius 2 is 2.23 bits per heavy atom. The maximum Gasteiger partial charge on any atom is 0.223 e. The van der Waals surface area contributed by atoms with Crippen molar-refractivity contribution >= 4 is 11.7 Å². The summed E-state index contributed by atoms with van der Waals surface area (Å²) in [5, 5.41) is 3.47. The summed E-state index contributed by atoms with van der Waals surface area (Å²) in [5.41, 5.74) is 10.4. The van der Waals surface area contributed by atoms with Gasteiger partial charge in [-0.05, 0) is 37.0 Å². The van der Waals surface area contributed by atoms with Gasteiger partial charge in [0, 0.05) is 39.0 Å². The van der Waals surface area contributed by atoms with Crippen molar-refractivity contribution < 1.29 is 4.42 Å². The van der Waals surface area contributed by atoms with Gasteiger partial charge in [-0.3, -0.25) is 0 Å². The van der Waals surface area contributed by atoms with Gasteiger partial charge in [-0.2, -0.15) is 0 Å². The maximum atomic E-state index is 5.65. The molecule has 0 bridgehead atoms. The van der Waals surface area contributed by atoms with Crippen LogP contribution in [0.3, 0.4) is 0 Å². The molecule has 6 nitrogen and oxygen atoms in total. The maximum absolute atomic E-state index is 5.65. The van der Waals surface area contributed by atoms with Crippen molar-refractivity contribution in [3.8, 4) is 0 Å². The monoisotopic (exact) mass is 353 g/mol. The molecule has 1 fully saturated rings. The lowest BCUT2D eigenvalue weighted by Crippen LogP contribution is -2.38. The molecular formula is C20H27N5O. The van der Waals surface area contributed by atoms with E-state index in [9.17, 15) is 0 Å². The standard InChI is InChI=1S/C20H27N5O/c1-14-15(7-12-26-14)13-16-3-2-4-18-19(16)24-20(23-18)22-17-5-9-25(10-6-17)11-8-21/h2-3,7,12,17H,4-6,8-11,13,21H2,1H3,(H,22,24). The van der Waals surface area contributed by atoms with Gasteiger partial charge in [0.2, 0.25) is 5.96 Å². The molecule has 3 N–H and O–H groups in total. The summed E-state index contributed by atoms with van der Waals surface area (Å²) in [6, 6.07) is 2.39. The fourth-order valence-electron chi connectivity index (χ4n) is 3.84. The van der Waals surface area contributed by atoms with Gasteiger partial charge >= 0.3 is 0 Å². The Hall–Kier alpha value is -2.18. The highest BCUT2D eigenvalue weighted by Gasteiger charge is 2.25. The van der Waals surface area contributed by atoms with E-state index >= 15 is 0 Å². The van der Waals surface area contributed by atoms with Crippen LogP contribution in [0.4, 0.5) is 0 Å². The van der Waals surface area contributed by atoms with Crippen LogP contribution < -0.4 is 11.1 Å². The summed E-state index contributed by atoms with van der Waals surface area (Å²) >= 11 is 0. The highest BCUT2D eigenvalue weighted by Crippen LogP contribution is 2.25. The topological polar surface area (TPSA) is 79.2 Å². The van der Waals surface area contributed by atoms with Gasteiger partial charge < -0.3 is 20.4 Å². The molecule has 0 atom stereocenters. The smallest absolute Gasteiger partial charge is 0.223 e. The minimum atomic E-state index is 0.351. The van der Waals surface area contributed by atoms with Gasteiger partial charge in [-0.1, -0.05) is 12.2 Å². The van der Waals surface area contributed by atoms with Crippen molar-refractivity contribution in [2.24, 2.45) is 15.7 Å². The first-order chi connectivity index (χ1) is 12.7. The predicted octanol–water partition coefficient (Wildman–Crippen LogP) is 2.17. The van der Waals surface area contributed by atoms with Crippen LogP contribution in [-0.2, 0) is 6.42 Å². The molecule has 3 aliphatic rings. The first-order valence-electron chi connectivity index (χ1n) is 9.51. The van der Waals surface area contributed by atoms with E-state index in [2.05, 4.69) is 22.4 Å². The number of allylic oxidation sites excluding steroid dienone is 4. The van der Waals surface area contributed by atoms with Gasteiger partial charge in [0.05, 0.1) is 23.7 Å². The molecule has 138 valence electrons. The molecule has 1 aliphatic carbocycles. The molecule has 0 radical (unpaired) electrons. The second kappa shape index (κ2) is 7.60. The van der Waals surface area contributed by atoms with Crippen molar-refractivity contribution in [2.45, 2.75) is 38.6 Å². The molecule has 1 aromatic rings. The van der Waals surface area contributed by atoms with E-state index < -0.39 is 0 Å². The summed E-state index contributed by atoms with van der Waals surface area (Å²) in [6.07, 6.45) is 10.0. The van der Waals surface area contributed by atoms with Crippen LogP contribution in [0.5, 0.6) is 0 Å². The molecule has 0 spiro atoms. The molecule has 3 heterocycles. The summed E-state index contributed by atoms with van der Waals surface area (Å²) in [5.74, 6) is 1.75. The normalized spacial score (nSPS) is 22.7. The van der Waals surface area contributed by atoms with E-state index in [4.69, 9.17) is 20.1 Å². The lowest BCUT2D eigenvalue weighted by molar-refractivity contribution is 0.219. The number of furan rings is 1. The van der Waals surface area contributed by atoms with E-state index in [0.29, 0.717) is 6.04 Å². The minimum absolute atomic E-state index is 0.351. The third-order valence-electron chi connectivity index (χ3n) is 5.37. The van der Waals surface area contributed by atoms with Crippen molar-refractivity contribution in [1.82, 2.24) is 10.2 Å². The Labute approximate surface area is 154 Å². The Bertz CT molecular complexity index is 778. The van der Waals surface area contributed by atoms with Crippen molar-refractivity contribution in [3.05, 3.63) is 47.1 Å². The third kappa shape index (κ3) is 3.66. The molecule has 1 aromatic heterocycles. The Balaban J connectivity index is 1.45. The molecule has 26 heavy (non-hydrogen) atoms.